The molecule has 0 atom stereocenters. The van der Waals surface area contributed by atoms with E-state index in [0.29, 0.717) is 0 Å². The third-order valence-corrected chi connectivity index (χ3v) is 3.57. The molecule has 1 N–H and O–H groups in total. The van der Waals surface area contributed by atoms with Gasteiger partial charge in [0.1, 0.15) is 5.56 Å². The molecule has 0 unspecified atom stereocenters. The van der Waals surface area contributed by atoms with E-state index in [0.717, 1.165) is 12.1 Å². The minimum Gasteiger partial charge on any atom is -0.322 e. The molecule has 0 aliphatic rings. The molecular formula is C14H9Cl2N3O5. The molecule has 24 heavy (non-hydrogen) atoms. The fourth-order valence-corrected chi connectivity index (χ4v) is 2.55. The summed E-state index contributed by atoms with van der Waals surface area (Å²) in [7, 11) is 0. The van der Waals surface area contributed by atoms with Crippen LogP contribution < -0.4 is 5.32 Å². The van der Waals surface area contributed by atoms with Crippen LogP contribution in [0.15, 0.2) is 30.3 Å². The van der Waals surface area contributed by atoms with Crippen LogP contribution in [0, 0.1) is 27.2 Å². The van der Waals surface area contributed by atoms with E-state index in [1.165, 1.54) is 25.1 Å². The molecule has 2 rings (SSSR count). The van der Waals surface area contributed by atoms with Gasteiger partial charge >= 0.3 is 0 Å². The predicted molar refractivity (Wildman–Crippen MR) is 88.9 cm³/mol. The van der Waals surface area contributed by atoms with Gasteiger partial charge in [-0.1, -0.05) is 23.2 Å². The third kappa shape index (κ3) is 3.79. The highest BCUT2D eigenvalue weighted by Gasteiger charge is 2.25. The van der Waals surface area contributed by atoms with E-state index in [-0.39, 0.29) is 26.9 Å². The van der Waals surface area contributed by atoms with Crippen LogP contribution in [0.2, 0.25) is 10.0 Å². The summed E-state index contributed by atoms with van der Waals surface area (Å²) in [5, 5.41) is 25.1. The lowest BCUT2D eigenvalue weighted by molar-refractivity contribution is -0.395. The first-order valence-electron chi connectivity index (χ1n) is 6.40. The van der Waals surface area contributed by atoms with E-state index in [4.69, 9.17) is 23.2 Å². The van der Waals surface area contributed by atoms with Crippen molar-refractivity contribution in [3.05, 3.63) is 71.7 Å². The van der Waals surface area contributed by atoms with Crippen LogP contribution in [0.4, 0.5) is 17.1 Å². The number of anilines is 1. The summed E-state index contributed by atoms with van der Waals surface area (Å²) in [5.74, 6) is -0.764. The van der Waals surface area contributed by atoms with Crippen LogP contribution in [0.5, 0.6) is 0 Å². The first kappa shape index (κ1) is 17.6. The Balaban J connectivity index is 2.45. The molecule has 0 bridgehead atoms. The van der Waals surface area contributed by atoms with Gasteiger partial charge in [-0.15, -0.1) is 0 Å². The topological polar surface area (TPSA) is 115 Å². The van der Waals surface area contributed by atoms with Gasteiger partial charge in [0.15, 0.2) is 0 Å². The van der Waals surface area contributed by atoms with Gasteiger partial charge in [-0.05, 0) is 25.1 Å². The van der Waals surface area contributed by atoms with Crippen LogP contribution in [0.1, 0.15) is 15.9 Å². The summed E-state index contributed by atoms with van der Waals surface area (Å²) in [5.41, 5.74) is -1.14. The number of amides is 1. The van der Waals surface area contributed by atoms with Crippen molar-refractivity contribution in [1.29, 1.82) is 0 Å². The molecule has 2 aromatic rings. The third-order valence-electron chi connectivity index (χ3n) is 3.13. The van der Waals surface area contributed by atoms with Gasteiger partial charge in [-0.25, -0.2) is 0 Å². The van der Waals surface area contributed by atoms with Gasteiger partial charge < -0.3 is 5.32 Å². The van der Waals surface area contributed by atoms with Gasteiger partial charge in [0, 0.05) is 27.9 Å². The Morgan fingerprint density at radius 1 is 0.958 bits per heavy atom. The molecule has 0 heterocycles. The number of rotatable bonds is 4. The number of carbonyl (C=O) groups excluding carboxylic acids is 1. The molecule has 0 aliphatic carbocycles. The van der Waals surface area contributed by atoms with Crippen LogP contribution >= 0.6 is 23.2 Å². The Morgan fingerprint density at radius 2 is 1.42 bits per heavy atom. The largest absolute Gasteiger partial charge is 0.322 e. The van der Waals surface area contributed by atoms with Crippen molar-refractivity contribution in [2.45, 2.75) is 6.92 Å². The van der Waals surface area contributed by atoms with E-state index in [9.17, 15) is 25.0 Å². The zero-order valence-electron chi connectivity index (χ0n) is 12.1. The highest BCUT2D eigenvalue weighted by Crippen LogP contribution is 2.30. The summed E-state index contributed by atoms with van der Waals surface area (Å²) < 4.78 is 0. The van der Waals surface area contributed by atoms with Crippen molar-refractivity contribution in [3.63, 3.8) is 0 Å². The molecule has 10 heteroatoms. The molecule has 0 spiro atoms. The molecule has 2 aromatic carbocycles. The predicted octanol–water partition coefficient (Wildman–Crippen LogP) is 4.37. The summed E-state index contributed by atoms with van der Waals surface area (Å²) in [6, 6.07) is 6.25. The minimum atomic E-state index is -0.782. The van der Waals surface area contributed by atoms with Crippen LogP contribution in [-0.4, -0.2) is 15.8 Å². The van der Waals surface area contributed by atoms with E-state index in [1.54, 1.807) is 0 Å². The number of halogens is 2. The molecule has 0 saturated carbocycles. The second kappa shape index (κ2) is 6.81. The lowest BCUT2D eigenvalue weighted by Gasteiger charge is -2.07. The van der Waals surface area contributed by atoms with Crippen molar-refractivity contribution >= 4 is 46.2 Å². The Kier molecular flexibility index (Phi) is 5.01. The highest BCUT2D eigenvalue weighted by molar-refractivity contribution is 6.35. The zero-order chi connectivity index (χ0) is 18.0. The Morgan fingerprint density at radius 3 is 1.83 bits per heavy atom. The maximum atomic E-state index is 12.3. The quantitative estimate of drug-likeness (QED) is 0.634. The smallest absolute Gasteiger partial charge is 0.279 e. The van der Waals surface area contributed by atoms with Crippen molar-refractivity contribution in [1.82, 2.24) is 0 Å². The fraction of sp³-hybridized carbons (Fsp3) is 0.0714. The summed E-state index contributed by atoms with van der Waals surface area (Å²) in [6.45, 7) is 1.24. The first-order chi connectivity index (χ1) is 11.2. The summed E-state index contributed by atoms with van der Waals surface area (Å²) in [4.78, 5) is 32.8. The normalized spacial score (nSPS) is 10.3. The van der Waals surface area contributed by atoms with Crippen molar-refractivity contribution in [2.75, 3.05) is 5.32 Å². The fourth-order valence-electron chi connectivity index (χ4n) is 2.02. The molecule has 1 amide bonds. The van der Waals surface area contributed by atoms with Crippen molar-refractivity contribution in [2.24, 2.45) is 0 Å². The Hall–Kier alpha value is -2.71. The average molecular weight is 370 g/mol. The van der Waals surface area contributed by atoms with Gasteiger partial charge in [-0.2, -0.15) is 0 Å². The second-order valence-electron chi connectivity index (χ2n) is 4.77. The first-order valence-corrected chi connectivity index (χ1v) is 7.15. The van der Waals surface area contributed by atoms with Crippen molar-refractivity contribution in [3.8, 4) is 0 Å². The number of hydrogen-bond donors (Lipinski definition) is 1. The van der Waals surface area contributed by atoms with Crippen molar-refractivity contribution < 1.29 is 14.6 Å². The minimum absolute atomic E-state index is 0.132. The summed E-state index contributed by atoms with van der Waals surface area (Å²) >= 11 is 11.6. The van der Waals surface area contributed by atoms with E-state index < -0.39 is 27.1 Å². The lowest BCUT2D eigenvalue weighted by Crippen LogP contribution is -2.13. The SMILES string of the molecule is Cc1c([N+](=O)[O-])cc(C(=O)Nc2cc(Cl)cc(Cl)c2)cc1[N+](=O)[O-]. The van der Waals surface area contributed by atoms with Gasteiger partial charge in [0.25, 0.3) is 17.3 Å². The number of benzene rings is 2. The van der Waals surface area contributed by atoms with Gasteiger partial charge in [-0.3, -0.25) is 25.0 Å². The number of nitro groups is 2. The Bertz CT molecular complexity index is 814. The molecule has 124 valence electrons. The van der Waals surface area contributed by atoms with E-state index in [2.05, 4.69) is 5.32 Å². The molecule has 0 aliphatic heterocycles. The molecular weight excluding hydrogens is 361 g/mol. The maximum Gasteiger partial charge on any atom is 0.279 e. The van der Waals surface area contributed by atoms with Crippen LogP contribution in [0.25, 0.3) is 0 Å². The number of hydrogen-bond acceptors (Lipinski definition) is 5. The van der Waals surface area contributed by atoms with E-state index >= 15 is 0 Å². The number of nitro benzene ring substituents is 2. The van der Waals surface area contributed by atoms with Gasteiger partial charge in [0.05, 0.1) is 15.4 Å². The van der Waals surface area contributed by atoms with E-state index in [1.807, 2.05) is 0 Å². The summed E-state index contributed by atoms with van der Waals surface area (Å²) in [6.07, 6.45) is 0. The molecule has 0 radical (unpaired) electrons. The molecule has 0 aromatic heterocycles. The molecule has 8 nitrogen and oxygen atoms in total. The average Bonchev–Trinajstić information content (AvgIpc) is 2.45. The number of nitrogens with one attached hydrogen (secondary N) is 1. The lowest BCUT2D eigenvalue weighted by atomic mass is 10.1. The maximum absolute atomic E-state index is 12.3. The molecule has 0 saturated heterocycles. The van der Waals surface area contributed by atoms with Crippen LogP contribution in [0.3, 0.4) is 0 Å². The van der Waals surface area contributed by atoms with Gasteiger partial charge in [0.2, 0.25) is 0 Å². The second-order valence-corrected chi connectivity index (χ2v) is 5.64. The Labute approximate surface area is 145 Å². The highest BCUT2D eigenvalue weighted by atomic mass is 35.5. The monoisotopic (exact) mass is 369 g/mol. The standard InChI is InChI=1S/C14H9Cl2N3O5/c1-7-12(18(21)22)2-8(3-13(7)19(23)24)14(20)17-11-5-9(15)4-10(16)6-11/h2-6H,1H3,(H,17,20). The number of nitrogens with zero attached hydrogens (tertiary/aromatic N) is 2. The number of carbonyl (C=O) groups is 1. The molecule has 0 fully saturated rings. The zero-order valence-corrected chi connectivity index (χ0v) is 13.6. The van der Waals surface area contributed by atoms with Crippen LogP contribution in [-0.2, 0) is 0 Å².